The Kier molecular flexibility index (Phi) is 10.6. The Morgan fingerprint density at radius 3 is 1.49 bits per heavy atom. The molecule has 12 aromatic carbocycles. The largest absolute Gasteiger partial charge is 0.310 e. The molecule has 0 radical (unpaired) electrons. The van der Waals surface area contributed by atoms with Gasteiger partial charge in [0.1, 0.15) is 0 Å². The van der Waals surface area contributed by atoms with E-state index in [1.165, 1.54) is 109 Å². The van der Waals surface area contributed by atoms with Gasteiger partial charge >= 0.3 is 0 Å². The van der Waals surface area contributed by atoms with Gasteiger partial charge in [-0.15, -0.1) is 0 Å². The lowest BCUT2D eigenvalue weighted by atomic mass is 9.81. The van der Waals surface area contributed by atoms with Gasteiger partial charge in [0.25, 0.3) is 0 Å². The van der Waals surface area contributed by atoms with Gasteiger partial charge in [-0.3, -0.25) is 0 Å². The first kappa shape index (κ1) is 45.8. The van der Waals surface area contributed by atoms with Crippen LogP contribution in [0.1, 0.15) is 25.0 Å². The van der Waals surface area contributed by atoms with E-state index in [0.717, 1.165) is 22.7 Å². The van der Waals surface area contributed by atoms with Crippen molar-refractivity contribution in [1.82, 2.24) is 4.57 Å². The lowest BCUT2D eigenvalue weighted by Gasteiger charge is -2.32. The zero-order chi connectivity index (χ0) is 52.0. The van der Waals surface area contributed by atoms with Crippen molar-refractivity contribution in [2.75, 3.05) is 4.90 Å². The van der Waals surface area contributed by atoms with Crippen LogP contribution in [0.4, 0.5) is 17.1 Å². The number of nitrogens with zero attached hydrogens (tertiary/aromatic N) is 2. The van der Waals surface area contributed by atoms with Crippen molar-refractivity contribution < 1.29 is 0 Å². The van der Waals surface area contributed by atoms with Gasteiger partial charge in [0.2, 0.25) is 0 Å². The third-order valence-electron chi connectivity index (χ3n) is 17.1. The van der Waals surface area contributed by atoms with E-state index in [1.54, 1.807) is 0 Å². The molecule has 1 aliphatic heterocycles. The van der Waals surface area contributed by atoms with Crippen LogP contribution in [0.2, 0.25) is 0 Å². The topological polar surface area (TPSA) is 8.17 Å². The maximum Gasteiger partial charge on any atom is 0.180 e. The van der Waals surface area contributed by atoms with Crippen LogP contribution in [-0.4, -0.2) is 12.6 Å². The Hall–Kier alpha value is -9.54. The van der Waals surface area contributed by atoms with E-state index >= 15 is 0 Å². The number of aromatic nitrogens is 1. The number of benzene rings is 12. The van der Waals surface area contributed by atoms with Crippen LogP contribution >= 0.6 is 0 Å². The Morgan fingerprint density at radius 2 is 0.808 bits per heavy atom. The van der Waals surface area contributed by atoms with Gasteiger partial charge in [-0.05, 0) is 154 Å². The highest BCUT2D eigenvalue weighted by Crippen LogP contribution is 2.50. The van der Waals surface area contributed by atoms with Crippen molar-refractivity contribution in [2.45, 2.75) is 19.3 Å². The molecule has 0 amide bonds. The summed E-state index contributed by atoms with van der Waals surface area (Å²) < 4.78 is 2.40. The average molecular weight is 1010 g/mol. The second kappa shape index (κ2) is 18.1. The number of hydrogen-bond donors (Lipinski definition) is 0. The molecule has 13 aromatic rings. The van der Waals surface area contributed by atoms with Crippen LogP contribution in [0.5, 0.6) is 0 Å². The van der Waals surface area contributed by atoms with Crippen LogP contribution < -0.4 is 25.6 Å². The van der Waals surface area contributed by atoms with Crippen molar-refractivity contribution in [3.05, 3.63) is 302 Å². The fraction of sp³-hybridized carbons (Fsp3) is 0.0400. The first-order chi connectivity index (χ1) is 38.4. The van der Waals surface area contributed by atoms with Gasteiger partial charge < -0.3 is 9.47 Å². The summed E-state index contributed by atoms with van der Waals surface area (Å²) in [5.74, 6) is 0. The Labute approximate surface area is 457 Å². The maximum absolute atomic E-state index is 2.73. The van der Waals surface area contributed by atoms with Crippen LogP contribution in [-0.2, 0) is 5.41 Å². The molecule has 3 heteroatoms. The highest BCUT2D eigenvalue weighted by atomic mass is 28.3. The predicted octanol–water partition coefficient (Wildman–Crippen LogP) is 16.9. The third kappa shape index (κ3) is 7.02. The van der Waals surface area contributed by atoms with Crippen molar-refractivity contribution >= 4 is 67.7 Å². The molecule has 0 N–H and O–H groups in total. The Bertz CT molecular complexity index is 4360. The molecule has 0 bridgehead atoms. The molecule has 368 valence electrons. The van der Waals surface area contributed by atoms with Gasteiger partial charge in [0, 0.05) is 38.9 Å². The molecule has 15 rings (SSSR count). The van der Waals surface area contributed by atoms with Crippen LogP contribution in [0.25, 0.3) is 83.1 Å². The third-order valence-corrected chi connectivity index (χ3v) is 22.0. The molecule has 78 heavy (non-hydrogen) atoms. The normalized spacial score (nSPS) is 13.5. The molecule has 0 fully saturated rings. The molecule has 2 nitrogen and oxygen atoms in total. The number of fused-ring (bicyclic) bond motifs is 9. The van der Waals surface area contributed by atoms with Crippen LogP contribution in [0, 0.1) is 0 Å². The summed E-state index contributed by atoms with van der Waals surface area (Å²) in [5, 5.41) is 8.19. The minimum absolute atomic E-state index is 0.0768. The number of anilines is 3. The molecular weight excluding hydrogens is 957 g/mol. The van der Waals surface area contributed by atoms with E-state index < -0.39 is 8.07 Å². The minimum atomic E-state index is -2.73. The first-order valence-corrected chi connectivity index (χ1v) is 29.2. The lowest BCUT2D eigenvalue weighted by molar-refractivity contribution is 0.660. The van der Waals surface area contributed by atoms with Crippen molar-refractivity contribution in [3.63, 3.8) is 0 Å². The number of hydrogen-bond acceptors (Lipinski definition) is 1. The molecule has 0 unspecified atom stereocenters. The van der Waals surface area contributed by atoms with Crippen molar-refractivity contribution in [1.29, 1.82) is 0 Å². The molecule has 0 saturated carbocycles. The van der Waals surface area contributed by atoms with Crippen LogP contribution in [0.15, 0.2) is 291 Å². The summed E-state index contributed by atoms with van der Waals surface area (Å²) >= 11 is 0. The molecule has 0 spiro atoms. The van der Waals surface area contributed by atoms with E-state index in [-0.39, 0.29) is 5.41 Å². The smallest absolute Gasteiger partial charge is 0.180 e. The first-order valence-electron chi connectivity index (χ1n) is 27.2. The highest BCUT2D eigenvalue weighted by Gasteiger charge is 2.48. The number of rotatable bonds is 9. The standard InChI is InChI=1S/C75H54N2Si/c1-75(2)69-31-14-9-26-62(69)63-46-38-53(49-70(63)75)51-36-39-55(40-37-51)76(56-41-43-57(44-42-56)77-71-32-15-10-27-64(71)65-28-11-16-33-72(65)77)58-45-47-61(68(50-58)52-20-5-3-6-21-52)54-22-19-25-60(48-54)78(59-23-7-4-8-24-59)73-34-17-12-29-66(73)67-30-13-18-35-74(67)78/h3-50H,1-2H3. The van der Waals surface area contributed by atoms with Crippen LogP contribution in [0.3, 0.4) is 0 Å². The van der Waals surface area contributed by atoms with Gasteiger partial charge in [-0.25, -0.2) is 0 Å². The zero-order valence-corrected chi connectivity index (χ0v) is 44.6. The lowest BCUT2D eigenvalue weighted by Crippen LogP contribution is -2.72. The van der Waals surface area contributed by atoms with Gasteiger partial charge in [0.05, 0.1) is 11.0 Å². The maximum atomic E-state index is 2.52. The molecule has 0 atom stereocenters. The second-order valence-electron chi connectivity index (χ2n) is 21.6. The Balaban J connectivity index is 0.885. The molecule has 0 saturated heterocycles. The fourth-order valence-corrected chi connectivity index (χ4v) is 18.7. The van der Waals surface area contributed by atoms with E-state index in [4.69, 9.17) is 0 Å². The molecule has 2 heterocycles. The molecule has 2 aliphatic rings. The number of para-hydroxylation sites is 2. The summed E-state index contributed by atoms with van der Waals surface area (Å²) in [4.78, 5) is 2.43. The van der Waals surface area contributed by atoms with E-state index in [2.05, 4.69) is 315 Å². The highest BCUT2D eigenvalue weighted by molar-refractivity contribution is 7.22. The summed E-state index contributed by atoms with van der Waals surface area (Å²) in [6, 6.07) is 109. The Morgan fingerprint density at radius 1 is 0.308 bits per heavy atom. The van der Waals surface area contributed by atoms with E-state index in [9.17, 15) is 0 Å². The summed E-state index contributed by atoms with van der Waals surface area (Å²) in [6.45, 7) is 4.72. The predicted molar refractivity (Wildman–Crippen MR) is 332 cm³/mol. The van der Waals surface area contributed by atoms with E-state index in [1.807, 2.05) is 0 Å². The summed E-state index contributed by atoms with van der Waals surface area (Å²) in [7, 11) is -2.73. The zero-order valence-electron chi connectivity index (χ0n) is 43.6. The van der Waals surface area contributed by atoms with E-state index in [0.29, 0.717) is 0 Å². The van der Waals surface area contributed by atoms with Gasteiger partial charge in [-0.2, -0.15) is 0 Å². The SMILES string of the molecule is CC1(C)c2ccccc2-c2ccc(-c3ccc(N(c4ccc(-n5c6ccccc6c6ccccc65)cc4)c4ccc(-c5cccc([Si]6(c7ccccc7)c7ccccc7-c7ccccc76)c5)c(-c5ccccc5)c4)cc3)cc21. The fourth-order valence-electron chi connectivity index (χ4n) is 13.5. The van der Waals surface area contributed by atoms with Crippen molar-refractivity contribution in [3.8, 4) is 61.3 Å². The molecule has 1 aromatic heterocycles. The monoisotopic (exact) mass is 1010 g/mol. The quantitative estimate of drug-likeness (QED) is 0.131. The van der Waals surface area contributed by atoms with Crippen molar-refractivity contribution in [2.24, 2.45) is 0 Å². The van der Waals surface area contributed by atoms with Gasteiger partial charge in [0.15, 0.2) is 8.07 Å². The second-order valence-corrected chi connectivity index (χ2v) is 25.3. The minimum Gasteiger partial charge on any atom is -0.310 e. The molecular formula is C75H54N2Si. The summed E-state index contributed by atoms with van der Waals surface area (Å²) in [5.41, 5.74) is 22.0. The van der Waals surface area contributed by atoms with Gasteiger partial charge in [-0.1, -0.05) is 238 Å². The summed E-state index contributed by atoms with van der Waals surface area (Å²) in [6.07, 6.45) is 0. The average Bonchev–Trinajstić information content (AvgIpc) is 4.27. The molecule has 1 aliphatic carbocycles.